The van der Waals surface area contributed by atoms with E-state index in [0.29, 0.717) is 0 Å². The van der Waals surface area contributed by atoms with Gasteiger partial charge in [-0.3, -0.25) is 4.55 Å². The standard InChI is InChI=1S/C5H12O5S.Na.H/c6-3-1-5(2-4-7)11(8,9)10;;/h5-7H,1-4H2,(H,8,9,10);;. The predicted octanol–water partition coefficient (Wildman–Crippen LogP) is -1.64. The topological polar surface area (TPSA) is 94.8 Å². The summed E-state index contributed by atoms with van der Waals surface area (Å²) in [5.74, 6) is 0. The summed E-state index contributed by atoms with van der Waals surface area (Å²) in [7, 11) is -4.11. The van der Waals surface area contributed by atoms with Crippen molar-refractivity contribution in [2.24, 2.45) is 0 Å². The molecule has 0 saturated carbocycles. The molecule has 0 heterocycles. The Balaban J connectivity index is 0. The van der Waals surface area contributed by atoms with Crippen LogP contribution in [0.4, 0.5) is 0 Å². The van der Waals surface area contributed by atoms with Crippen molar-refractivity contribution in [2.75, 3.05) is 13.2 Å². The van der Waals surface area contributed by atoms with Crippen LogP contribution in [-0.4, -0.2) is 71.2 Å². The fourth-order valence-corrected chi connectivity index (χ4v) is 1.54. The molecule has 70 valence electrons. The third-order valence-electron chi connectivity index (χ3n) is 1.32. The molecule has 5 nitrogen and oxygen atoms in total. The van der Waals surface area contributed by atoms with E-state index >= 15 is 0 Å². The zero-order chi connectivity index (χ0) is 8.91. The molecular formula is C5H13NaO5S. The van der Waals surface area contributed by atoms with Gasteiger partial charge in [0.1, 0.15) is 0 Å². The second-order valence-electron chi connectivity index (χ2n) is 2.16. The van der Waals surface area contributed by atoms with Gasteiger partial charge in [0.05, 0.1) is 5.25 Å². The molecule has 0 saturated heterocycles. The molecule has 0 aromatic carbocycles. The summed E-state index contributed by atoms with van der Waals surface area (Å²) < 4.78 is 29.4. The molecule has 0 aromatic heterocycles. The summed E-state index contributed by atoms with van der Waals surface area (Å²) in [4.78, 5) is 0. The average molecular weight is 208 g/mol. The normalized spacial score (nSPS) is 11.3. The Kier molecular flexibility index (Phi) is 9.25. The Hall–Kier alpha value is 0.830. The molecule has 7 heteroatoms. The molecule has 0 aliphatic carbocycles. The summed E-state index contributed by atoms with van der Waals surface area (Å²) in [6.07, 6.45) is -0.0845. The fourth-order valence-electron chi connectivity index (χ4n) is 0.730. The van der Waals surface area contributed by atoms with Crippen molar-refractivity contribution in [3.8, 4) is 0 Å². The predicted molar refractivity (Wildman–Crippen MR) is 45.9 cm³/mol. The van der Waals surface area contributed by atoms with Gasteiger partial charge in [0.2, 0.25) is 0 Å². The minimum atomic E-state index is -4.11. The monoisotopic (exact) mass is 208 g/mol. The van der Waals surface area contributed by atoms with Crippen molar-refractivity contribution in [2.45, 2.75) is 18.1 Å². The van der Waals surface area contributed by atoms with Gasteiger partial charge in [-0.25, -0.2) is 0 Å². The molecule has 0 atom stereocenters. The Morgan fingerprint density at radius 3 is 1.58 bits per heavy atom. The van der Waals surface area contributed by atoms with Gasteiger partial charge in [-0.1, -0.05) is 0 Å². The van der Waals surface area contributed by atoms with E-state index in [-0.39, 0.29) is 55.6 Å². The molecule has 0 aliphatic rings. The molecule has 0 fully saturated rings. The average Bonchev–Trinajstić information content (AvgIpc) is 1.85. The summed E-state index contributed by atoms with van der Waals surface area (Å²) in [5.41, 5.74) is 0. The third kappa shape index (κ3) is 6.36. The van der Waals surface area contributed by atoms with Crippen LogP contribution in [0.1, 0.15) is 12.8 Å². The van der Waals surface area contributed by atoms with Crippen LogP contribution in [0.25, 0.3) is 0 Å². The van der Waals surface area contributed by atoms with Crippen LogP contribution in [0.15, 0.2) is 0 Å². The summed E-state index contributed by atoms with van der Waals surface area (Å²) in [5, 5.41) is 15.7. The first-order valence-corrected chi connectivity index (χ1v) is 4.70. The van der Waals surface area contributed by atoms with Gasteiger partial charge in [0.25, 0.3) is 10.1 Å². The van der Waals surface area contributed by atoms with Crippen molar-refractivity contribution in [1.82, 2.24) is 0 Å². The molecule has 3 N–H and O–H groups in total. The molecule has 0 unspecified atom stereocenters. The van der Waals surface area contributed by atoms with Crippen molar-refractivity contribution in [1.29, 1.82) is 0 Å². The second kappa shape index (κ2) is 7.25. The first-order chi connectivity index (χ1) is 5.02. The van der Waals surface area contributed by atoms with Gasteiger partial charge < -0.3 is 10.2 Å². The van der Waals surface area contributed by atoms with E-state index in [9.17, 15) is 8.42 Å². The van der Waals surface area contributed by atoms with Gasteiger partial charge in [-0.2, -0.15) is 8.42 Å². The van der Waals surface area contributed by atoms with Crippen LogP contribution in [0.5, 0.6) is 0 Å². The molecule has 12 heavy (non-hydrogen) atoms. The summed E-state index contributed by atoms with van der Waals surface area (Å²) in [6, 6.07) is 0. The van der Waals surface area contributed by atoms with E-state index in [0.717, 1.165) is 0 Å². The molecule has 0 aliphatic heterocycles. The van der Waals surface area contributed by atoms with Crippen LogP contribution in [0.3, 0.4) is 0 Å². The molecule has 0 radical (unpaired) electrons. The van der Waals surface area contributed by atoms with E-state index in [1.807, 2.05) is 0 Å². The van der Waals surface area contributed by atoms with Gasteiger partial charge in [-0.05, 0) is 12.8 Å². The van der Waals surface area contributed by atoms with E-state index in [1.54, 1.807) is 0 Å². The van der Waals surface area contributed by atoms with Gasteiger partial charge in [-0.15, -0.1) is 0 Å². The zero-order valence-electron chi connectivity index (χ0n) is 5.97. The van der Waals surface area contributed by atoms with Crippen LogP contribution < -0.4 is 0 Å². The molecule has 0 aromatic rings. The van der Waals surface area contributed by atoms with Crippen molar-refractivity contribution in [3.05, 3.63) is 0 Å². The molecule has 0 bridgehead atoms. The Labute approximate surface area is 93.8 Å². The number of aliphatic hydroxyl groups excluding tert-OH is 2. The van der Waals surface area contributed by atoms with E-state index < -0.39 is 15.4 Å². The fraction of sp³-hybridized carbons (Fsp3) is 1.00. The minimum absolute atomic E-state index is 0. The molecule has 0 rings (SSSR count). The van der Waals surface area contributed by atoms with E-state index in [4.69, 9.17) is 14.8 Å². The van der Waals surface area contributed by atoms with Gasteiger partial charge in [0, 0.05) is 13.2 Å². The number of aliphatic hydroxyl groups is 2. The molecular weight excluding hydrogens is 195 g/mol. The Morgan fingerprint density at radius 2 is 1.42 bits per heavy atom. The number of hydrogen-bond donors (Lipinski definition) is 3. The molecule has 0 amide bonds. The summed E-state index contributed by atoms with van der Waals surface area (Å²) in [6.45, 7) is -0.630. The maximum absolute atomic E-state index is 10.4. The van der Waals surface area contributed by atoms with Crippen LogP contribution >= 0.6 is 0 Å². The first kappa shape index (κ1) is 15.3. The van der Waals surface area contributed by atoms with Crippen molar-refractivity contribution >= 4 is 39.7 Å². The number of hydrogen-bond acceptors (Lipinski definition) is 4. The van der Waals surface area contributed by atoms with E-state index in [2.05, 4.69) is 0 Å². The second-order valence-corrected chi connectivity index (χ2v) is 3.86. The zero-order valence-corrected chi connectivity index (χ0v) is 6.79. The first-order valence-electron chi connectivity index (χ1n) is 3.20. The van der Waals surface area contributed by atoms with Crippen LogP contribution in [0, 0.1) is 0 Å². The Morgan fingerprint density at radius 1 is 1.08 bits per heavy atom. The number of rotatable bonds is 5. The quantitative estimate of drug-likeness (QED) is 0.372. The van der Waals surface area contributed by atoms with Crippen molar-refractivity contribution in [3.63, 3.8) is 0 Å². The van der Waals surface area contributed by atoms with Gasteiger partial charge >= 0.3 is 29.6 Å². The summed E-state index contributed by atoms with van der Waals surface area (Å²) >= 11 is 0. The Bertz CT molecular complexity index is 184. The maximum atomic E-state index is 10.4. The van der Waals surface area contributed by atoms with Crippen LogP contribution in [-0.2, 0) is 10.1 Å². The van der Waals surface area contributed by atoms with Gasteiger partial charge in [0.15, 0.2) is 0 Å². The van der Waals surface area contributed by atoms with E-state index in [1.165, 1.54) is 0 Å². The third-order valence-corrected chi connectivity index (χ3v) is 2.64. The van der Waals surface area contributed by atoms with Crippen LogP contribution in [0.2, 0.25) is 0 Å². The SMILES string of the molecule is O=S(=O)(O)C(CCO)CCO.[NaH]. The molecule has 0 spiro atoms. The van der Waals surface area contributed by atoms with Crippen molar-refractivity contribution < 1.29 is 23.2 Å².